The highest BCUT2D eigenvalue weighted by Gasteiger charge is 2.26. The van der Waals surface area contributed by atoms with Crippen LogP contribution < -0.4 is 21.1 Å². The van der Waals surface area contributed by atoms with Crippen LogP contribution in [-0.2, 0) is 4.79 Å². The van der Waals surface area contributed by atoms with Gasteiger partial charge < -0.3 is 26.2 Å². The molecule has 0 spiro atoms. The Morgan fingerprint density at radius 2 is 1.97 bits per heavy atom. The van der Waals surface area contributed by atoms with Gasteiger partial charge in [-0.05, 0) is 48.8 Å². The van der Waals surface area contributed by atoms with E-state index in [1.807, 2.05) is 0 Å². The second kappa shape index (κ2) is 11.3. The Kier molecular flexibility index (Phi) is 8.42. The van der Waals surface area contributed by atoms with Crippen molar-refractivity contribution in [1.82, 2.24) is 14.7 Å². The van der Waals surface area contributed by atoms with E-state index in [2.05, 4.69) is 20.0 Å². The molecule has 2 amide bonds. The summed E-state index contributed by atoms with van der Waals surface area (Å²) in [6.07, 6.45) is -3.57. The normalized spacial score (nSPS) is 13.1. The fourth-order valence-corrected chi connectivity index (χ4v) is 3.65. The lowest BCUT2D eigenvalue weighted by molar-refractivity contribution is -0.120. The van der Waals surface area contributed by atoms with Crippen molar-refractivity contribution < 1.29 is 37.0 Å². The zero-order chi connectivity index (χ0) is 26.5. The van der Waals surface area contributed by atoms with Crippen LogP contribution in [0.25, 0.3) is 11.3 Å². The zero-order valence-corrected chi connectivity index (χ0v) is 19.5. The number of amides is 2. The Labute approximate surface area is 206 Å². The maximum Gasteiger partial charge on any atom is 0.405 e. The van der Waals surface area contributed by atoms with Gasteiger partial charge in [-0.1, -0.05) is 6.07 Å². The van der Waals surface area contributed by atoms with Gasteiger partial charge in [0.15, 0.2) is 0 Å². The molecular formula is C22H21F4N5O4S. The van der Waals surface area contributed by atoms with Crippen LogP contribution in [-0.4, -0.2) is 51.6 Å². The summed E-state index contributed by atoms with van der Waals surface area (Å²) in [7, 11) is 0. The molecule has 9 nitrogen and oxygen atoms in total. The van der Waals surface area contributed by atoms with E-state index in [0.717, 1.165) is 17.6 Å². The number of ether oxygens (including phenoxy) is 1. The third-order valence-electron chi connectivity index (χ3n) is 4.79. The number of nitrogens with two attached hydrogens (primary N) is 1. The van der Waals surface area contributed by atoms with Crippen LogP contribution in [0.2, 0.25) is 0 Å². The molecule has 14 heteroatoms. The van der Waals surface area contributed by atoms with Crippen molar-refractivity contribution >= 4 is 29.2 Å². The predicted molar refractivity (Wildman–Crippen MR) is 123 cm³/mol. The van der Waals surface area contributed by atoms with Gasteiger partial charge in [0.25, 0.3) is 5.91 Å². The lowest BCUT2D eigenvalue weighted by atomic mass is 10.1. The van der Waals surface area contributed by atoms with Crippen molar-refractivity contribution in [3.63, 3.8) is 0 Å². The number of carbonyl (C=O) groups excluding carboxylic acids is 2. The number of halogens is 4. The minimum absolute atomic E-state index is 0.0491. The number of primary amides is 1. The van der Waals surface area contributed by atoms with Gasteiger partial charge in [-0.2, -0.15) is 17.5 Å². The summed E-state index contributed by atoms with van der Waals surface area (Å²) in [5.41, 5.74) is 5.52. The first-order valence-electron chi connectivity index (χ1n) is 10.4. The quantitative estimate of drug-likeness (QED) is 0.297. The number of alkyl halides is 3. The Hall–Kier alpha value is -3.78. The van der Waals surface area contributed by atoms with Crippen molar-refractivity contribution in [1.29, 1.82) is 0 Å². The second-order valence-corrected chi connectivity index (χ2v) is 8.36. The third-order valence-corrected chi connectivity index (χ3v) is 5.74. The largest absolute Gasteiger partial charge is 0.484 e. The van der Waals surface area contributed by atoms with Gasteiger partial charge in [-0.15, -0.1) is 0 Å². The average molecular weight is 528 g/mol. The Bertz CT molecular complexity index is 1220. The zero-order valence-electron chi connectivity index (χ0n) is 18.7. The Morgan fingerprint density at radius 3 is 2.56 bits per heavy atom. The van der Waals surface area contributed by atoms with Crippen LogP contribution >= 0.6 is 11.5 Å². The molecule has 3 aromatic rings. The van der Waals surface area contributed by atoms with Crippen LogP contribution in [0.15, 0.2) is 42.6 Å². The monoisotopic (exact) mass is 527 g/mol. The van der Waals surface area contributed by atoms with E-state index in [1.54, 1.807) is 13.0 Å². The van der Waals surface area contributed by atoms with Crippen molar-refractivity contribution in [2.24, 2.45) is 5.73 Å². The summed E-state index contributed by atoms with van der Waals surface area (Å²) in [5, 5.41) is 13.4. The van der Waals surface area contributed by atoms with E-state index < -0.39 is 49.1 Å². The molecule has 0 saturated heterocycles. The van der Waals surface area contributed by atoms with Gasteiger partial charge in [0.05, 0.1) is 28.9 Å². The summed E-state index contributed by atoms with van der Waals surface area (Å²) in [6, 6.07) is 6.95. The maximum absolute atomic E-state index is 14.6. The van der Waals surface area contributed by atoms with Crippen molar-refractivity contribution in [2.75, 3.05) is 18.5 Å². The van der Waals surface area contributed by atoms with Gasteiger partial charge in [0.1, 0.15) is 36.1 Å². The molecule has 0 aliphatic heterocycles. The minimum Gasteiger partial charge on any atom is -0.484 e. The molecule has 0 aliphatic carbocycles. The molecule has 0 bridgehead atoms. The topological polar surface area (TPSA) is 139 Å². The highest BCUT2D eigenvalue weighted by Crippen LogP contribution is 2.30. The first-order chi connectivity index (χ1) is 17.0. The van der Waals surface area contributed by atoms with Gasteiger partial charge in [-0.3, -0.25) is 9.59 Å². The molecule has 0 fully saturated rings. The molecule has 2 aromatic heterocycles. The Morgan fingerprint density at radius 1 is 1.22 bits per heavy atom. The molecule has 0 radical (unpaired) electrons. The van der Waals surface area contributed by atoms with Gasteiger partial charge in [0.2, 0.25) is 5.91 Å². The number of aliphatic hydroxyl groups excluding tert-OH is 1. The number of benzene rings is 1. The maximum atomic E-state index is 14.6. The fraction of sp³-hybridized carbons (Fsp3) is 0.273. The number of hydrogen-bond donors (Lipinski definition) is 4. The van der Waals surface area contributed by atoms with Gasteiger partial charge in [-0.25, -0.2) is 9.37 Å². The lowest BCUT2D eigenvalue weighted by Gasteiger charge is -2.13. The summed E-state index contributed by atoms with van der Waals surface area (Å²) in [4.78, 5) is 27.9. The molecule has 5 N–H and O–H groups in total. The Balaban J connectivity index is 1.65. The molecule has 1 aromatic carbocycles. The van der Waals surface area contributed by atoms with Crippen molar-refractivity contribution in [3.8, 4) is 17.0 Å². The number of nitrogens with zero attached hydrogens (tertiary/aromatic N) is 2. The van der Waals surface area contributed by atoms with Crippen LogP contribution in [0.5, 0.6) is 5.75 Å². The van der Waals surface area contributed by atoms with Crippen LogP contribution in [0.3, 0.4) is 0 Å². The van der Waals surface area contributed by atoms with Crippen LogP contribution in [0.1, 0.15) is 28.3 Å². The van der Waals surface area contributed by atoms with E-state index in [1.165, 1.54) is 30.5 Å². The number of anilines is 1. The molecule has 2 heterocycles. The summed E-state index contributed by atoms with van der Waals surface area (Å²) >= 11 is 1.10. The number of nitrogens with one attached hydrogen (secondary N) is 2. The number of rotatable bonds is 10. The van der Waals surface area contributed by atoms with E-state index in [0.29, 0.717) is 21.9 Å². The van der Waals surface area contributed by atoms with Gasteiger partial charge in [0, 0.05) is 5.56 Å². The van der Waals surface area contributed by atoms with Crippen LogP contribution in [0, 0.1) is 5.82 Å². The number of pyridine rings is 1. The van der Waals surface area contributed by atoms with E-state index >= 15 is 0 Å². The lowest BCUT2D eigenvalue weighted by Crippen LogP contribution is -2.47. The molecule has 0 aliphatic rings. The fourth-order valence-electron chi connectivity index (χ4n) is 2.93. The molecule has 36 heavy (non-hydrogen) atoms. The molecular weight excluding hydrogens is 506 g/mol. The van der Waals surface area contributed by atoms with E-state index in [4.69, 9.17) is 15.6 Å². The first kappa shape index (κ1) is 26.8. The molecule has 1 unspecified atom stereocenters. The van der Waals surface area contributed by atoms with E-state index in [-0.39, 0.29) is 11.4 Å². The molecule has 3 rings (SSSR count). The molecule has 0 saturated carbocycles. The molecule has 192 valence electrons. The van der Waals surface area contributed by atoms with Crippen molar-refractivity contribution in [3.05, 3.63) is 58.9 Å². The number of hydrogen-bond acceptors (Lipinski definition) is 8. The highest BCUT2D eigenvalue weighted by atomic mass is 32.1. The number of carbonyl (C=O) groups is 2. The van der Waals surface area contributed by atoms with E-state index in [9.17, 15) is 27.2 Å². The summed E-state index contributed by atoms with van der Waals surface area (Å²) in [6.45, 7) is -0.196. The average Bonchev–Trinajstić information content (AvgIpc) is 3.32. The van der Waals surface area contributed by atoms with Crippen LogP contribution in [0.4, 0.5) is 23.4 Å². The minimum atomic E-state index is -4.36. The summed E-state index contributed by atoms with van der Waals surface area (Å²) in [5.74, 6) is -2.36. The highest BCUT2D eigenvalue weighted by molar-refractivity contribution is 7.06. The van der Waals surface area contributed by atoms with Crippen molar-refractivity contribution in [2.45, 2.75) is 25.2 Å². The first-order valence-corrected chi connectivity index (χ1v) is 11.1. The standard InChI is InChI=1S/C22H21F4N5O4S/c1-11(35-13-3-5-19(28-8-13)29-10-22(24,25)26)18-7-16(31-36-18)12-2-4-14(15(23)6-12)21(34)30-17(9-32)20(27)33/h2-8,11,17,32H,9-10H2,1H3,(H2,27,33)(H,28,29)(H,30,34)/t11?,17-/m0/s1. The molecule has 2 atom stereocenters. The SMILES string of the molecule is CC(Oc1ccc(NCC(F)(F)F)nc1)c1cc(-c2ccc(C(=O)N[C@@H](CO)C(N)=O)c(F)c2)ns1. The summed E-state index contributed by atoms with van der Waals surface area (Å²) < 4.78 is 61.5. The smallest absolute Gasteiger partial charge is 0.405 e. The second-order valence-electron chi connectivity index (χ2n) is 7.53. The number of aromatic nitrogens is 2. The number of aliphatic hydroxyl groups is 1. The predicted octanol–water partition coefficient (Wildman–Crippen LogP) is 3.03. The van der Waals surface area contributed by atoms with Gasteiger partial charge >= 0.3 is 6.18 Å². The third kappa shape index (κ3) is 7.11.